The smallest absolute Gasteiger partial charge is 0.309 e. The molecule has 0 bridgehead atoms. The quantitative estimate of drug-likeness (QED) is 0.673. The second-order valence-electron chi connectivity index (χ2n) is 4.11. The van der Waals surface area contributed by atoms with Gasteiger partial charge in [-0.2, -0.15) is 0 Å². The SMILES string of the molecule is CCN(C[C@H](C)C(=O)OC)[C@H]1CCNC1=O. The molecule has 1 heterocycles. The third-order valence-corrected chi connectivity index (χ3v) is 2.98. The molecule has 0 radical (unpaired) electrons. The summed E-state index contributed by atoms with van der Waals surface area (Å²) in [4.78, 5) is 24.9. The fourth-order valence-corrected chi connectivity index (χ4v) is 2.03. The van der Waals surface area contributed by atoms with E-state index in [2.05, 4.69) is 10.1 Å². The number of hydrogen-bond donors (Lipinski definition) is 1. The van der Waals surface area contributed by atoms with E-state index in [9.17, 15) is 9.59 Å². The highest BCUT2D eigenvalue weighted by molar-refractivity contribution is 5.83. The Labute approximate surface area is 96.1 Å². The van der Waals surface area contributed by atoms with Crippen LogP contribution in [-0.4, -0.2) is 49.6 Å². The molecule has 1 saturated heterocycles. The van der Waals surface area contributed by atoms with Crippen LogP contribution in [0.4, 0.5) is 0 Å². The van der Waals surface area contributed by atoms with Gasteiger partial charge in [0.2, 0.25) is 5.91 Å². The van der Waals surface area contributed by atoms with Gasteiger partial charge in [0, 0.05) is 13.1 Å². The fourth-order valence-electron chi connectivity index (χ4n) is 2.03. The second kappa shape index (κ2) is 5.84. The summed E-state index contributed by atoms with van der Waals surface area (Å²) in [6.45, 7) is 5.88. The van der Waals surface area contributed by atoms with E-state index >= 15 is 0 Å². The Balaban J connectivity index is 2.54. The summed E-state index contributed by atoms with van der Waals surface area (Å²) in [7, 11) is 1.39. The number of amides is 1. The Kier molecular flexibility index (Phi) is 4.73. The zero-order valence-electron chi connectivity index (χ0n) is 10.2. The van der Waals surface area contributed by atoms with Crippen molar-refractivity contribution in [1.82, 2.24) is 10.2 Å². The van der Waals surface area contributed by atoms with Crippen molar-refractivity contribution in [3.8, 4) is 0 Å². The summed E-state index contributed by atoms with van der Waals surface area (Å²) >= 11 is 0. The monoisotopic (exact) mass is 228 g/mol. The van der Waals surface area contributed by atoms with Crippen LogP contribution in [0.2, 0.25) is 0 Å². The molecule has 2 atom stereocenters. The molecule has 0 aromatic rings. The molecule has 0 aromatic heterocycles. The van der Waals surface area contributed by atoms with Crippen molar-refractivity contribution in [2.45, 2.75) is 26.3 Å². The largest absolute Gasteiger partial charge is 0.469 e. The first-order valence-corrected chi connectivity index (χ1v) is 5.69. The van der Waals surface area contributed by atoms with Gasteiger partial charge in [-0.1, -0.05) is 13.8 Å². The third kappa shape index (κ3) is 2.95. The highest BCUT2D eigenvalue weighted by Gasteiger charge is 2.31. The van der Waals surface area contributed by atoms with Crippen LogP contribution in [0.5, 0.6) is 0 Å². The van der Waals surface area contributed by atoms with E-state index in [1.54, 1.807) is 0 Å². The first-order valence-electron chi connectivity index (χ1n) is 5.69. The summed E-state index contributed by atoms with van der Waals surface area (Å²) in [5, 5.41) is 2.80. The minimum atomic E-state index is -0.225. The van der Waals surface area contributed by atoms with Gasteiger partial charge in [0.25, 0.3) is 0 Å². The minimum Gasteiger partial charge on any atom is -0.469 e. The van der Waals surface area contributed by atoms with Crippen LogP contribution in [0.15, 0.2) is 0 Å². The first-order chi connectivity index (χ1) is 7.60. The van der Waals surface area contributed by atoms with Gasteiger partial charge in [-0.25, -0.2) is 0 Å². The lowest BCUT2D eigenvalue weighted by Crippen LogP contribution is -2.43. The summed E-state index contributed by atoms with van der Waals surface area (Å²) in [6, 6.07) is -0.0860. The van der Waals surface area contributed by atoms with Crippen LogP contribution in [0.25, 0.3) is 0 Å². The van der Waals surface area contributed by atoms with Crippen molar-refractivity contribution < 1.29 is 14.3 Å². The molecular weight excluding hydrogens is 208 g/mol. The number of nitrogens with zero attached hydrogens (tertiary/aromatic N) is 1. The van der Waals surface area contributed by atoms with E-state index in [0.717, 1.165) is 19.5 Å². The topological polar surface area (TPSA) is 58.6 Å². The number of hydrogen-bond acceptors (Lipinski definition) is 4. The predicted molar refractivity (Wildman–Crippen MR) is 59.8 cm³/mol. The number of nitrogens with one attached hydrogen (secondary N) is 1. The van der Waals surface area contributed by atoms with Crippen molar-refractivity contribution >= 4 is 11.9 Å². The molecule has 5 nitrogen and oxygen atoms in total. The normalized spacial score (nSPS) is 22.0. The summed E-state index contributed by atoms with van der Waals surface area (Å²) in [5.41, 5.74) is 0. The molecular formula is C11H20N2O3. The van der Waals surface area contributed by atoms with Gasteiger partial charge in [0.1, 0.15) is 0 Å². The van der Waals surface area contributed by atoms with Gasteiger partial charge in [-0.15, -0.1) is 0 Å². The van der Waals surface area contributed by atoms with E-state index in [1.165, 1.54) is 7.11 Å². The van der Waals surface area contributed by atoms with Crippen LogP contribution in [0.3, 0.4) is 0 Å². The van der Waals surface area contributed by atoms with Crippen LogP contribution >= 0.6 is 0 Å². The lowest BCUT2D eigenvalue weighted by atomic mass is 10.1. The van der Waals surface area contributed by atoms with E-state index in [1.807, 2.05) is 18.7 Å². The van der Waals surface area contributed by atoms with E-state index in [4.69, 9.17) is 0 Å². The molecule has 1 N–H and O–H groups in total. The summed E-state index contributed by atoms with van der Waals surface area (Å²) in [5.74, 6) is -0.353. The molecule has 0 spiro atoms. The molecule has 0 unspecified atom stereocenters. The maximum absolute atomic E-state index is 11.5. The molecule has 92 valence electrons. The van der Waals surface area contributed by atoms with E-state index in [0.29, 0.717) is 6.54 Å². The Morgan fingerprint density at radius 2 is 2.38 bits per heavy atom. The molecule has 16 heavy (non-hydrogen) atoms. The average Bonchev–Trinajstić information content (AvgIpc) is 2.70. The maximum atomic E-state index is 11.5. The lowest BCUT2D eigenvalue weighted by molar-refractivity contribution is -0.146. The van der Waals surface area contributed by atoms with Gasteiger partial charge in [0.15, 0.2) is 0 Å². The number of rotatable bonds is 5. The van der Waals surface area contributed by atoms with Gasteiger partial charge >= 0.3 is 5.97 Å². The van der Waals surface area contributed by atoms with Crippen molar-refractivity contribution in [2.75, 3.05) is 26.7 Å². The van der Waals surface area contributed by atoms with Crippen LogP contribution in [0, 0.1) is 5.92 Å². The first kappa shape index (κ1) is 13.0. The maximum Gasteiger partial charge on any atom is 0.309 e. The highest BCUT2D eigenvalue weighted by atomic mass is 16.5. The Morgan fingerprint density at radius 1 is 1.69 bits per heavy atom. The zero-order chi connectivity index (χ0) is 12.1. The molecule has 1 aliphatic rings. The van der Waals surface area contributed by atoms with Gasteiger partial charge in [0.05, 0.1) is 19.1 Å². The fraction of sp³-hybridized carbons (Fsp3) is 0.818. The van der Waals surface area contributed by atoms with Gasteiger partial charge < -0.3 is 10.1 Å². The highest BCUT2D eigenvalue weighted by Crippen LogP contribution is 2.12. The molecule has 1 fully saturated rings. The number of methoxy groups -OCH3 is 1. The van der Waals surface area contributed by atoms with Gasteiger partial charge in [-0.05, 0) is 13.0 Å². The number of ether oxygens (including phenoxy) is 1. The number of esters is 1. The zero-order valence-corrected chi connectivity index (χ0v) is 10.2. The van der Waals surface area contributed by atoms with E-state index in [-0.39, 0.29) is 23.8 Å². The predicted octanol–water partition coefficient (Wildman–Crippen LogP) is 0.00590. The minimum absolute atomic E-state index is 0.0684. The molecule has 0 aliphatic carbocycles. The molecule has 5 heteroatoms. The number of carbonyl (C=O) groups excluding carboxylic acids is 2. The van der Waals surface area contributed by atoms with Crippen molar-refractivity contribution in [1.29, 1.82) is 0 Å². The average molecular weight is 228 g/mol. The number of carbonyl (C=O) groups is 2. The second-order valence-corrected chi connectivity index (χ2v) is 4.11. The molecule has 1 amide bonds. The Morgan fingerprint density at radius 3 is 2.81 bits per heavy atom. The van der Waals surface area contributed by atoms with Crippen molar-refractivity contribution in [2.24, 2.45) is 5.92 Å². The molecule has 1 aliphatic heterocycles. The summed E-state index contributed by atoms with van der Waals surface area (Å²) in [6.07, 6.45) is 0.820. The Bertz CT molecular complexity index is 268. The van der Waals surface area contributed by atoms with Crippen molar-refractivity contribution in [3.63, 3.8) is 0 Å². The Hall–Kier alpha value is -1.10. The van der Waals surface area contributed by atoms with Crippen LogP contribution < -0.4 is 5.32 Å². The van der Waals surface area contributed by atoms with Crippen molar-refractivity contribution in [3.05, 3.63) is 0 Å². The summed E-state index contributed by atoms with van der Waals surface area (Å²) < 4.78 is 4.68. The molecule has 0 aromatic carbocycles. The molecule has 1 rings (SSSR count). The number of likely N-dealkylation sites (N-methyl/N-ethyl adjacent to an activating group) is 1. The van der Waals surface area contributed by atoms with Gasteiger partial charge in [-0.3, -0.25) is 14.5 Å². The van der Waals surface area contributed by atoms with Crippen LogP contribution in [-0.2, 0) is 14.3 Å². The standard InChI is InChI=1S/C11H20N2O3/c1-4-13(7-8(2)11(15)16-3)9-5-6-12-10(9)14/h8-9H,4-7H2,1-3H3,(H,12,14)/t8-,9-/m0/s1. The third-order valence-electron chi connectivity index (χ3n) is 2.98. The van der Waals surface area contributed by atoms with Crippen LogP contribution in [0.1, 0.15) is 20.3 Å². The lowest BCUT2D eigenvalue weighted by Gasteiger charge is -2.27. The van der Waals surface area contributed by atoms with E-state index < -0.39 is 0 Å². The molecule has 0 saturated carbocycles.